The van der Waals surface area contributed by atoms with Gasteiger partial charge >= 0.3 is 0 Å². The lowest BCUT2D eigenvalue weighted by Gasteiger charge is -2.12. The number of halogens is 3. The third kappa shape index (κ3) is 2.63. The molecule has 0 aliphatic rings. The first-order valence-corrected chi connectivity index (χ1v) is 7.26. The molecule has 0 atom stereocenters. The molecular weight excluding hydrogens is 285 g/mol. The van der Waals surface area contributed by atoms with E-state index in [1.165, 1.54) is 24.3 Å². The van der Waals surface area contributed by atoms with Gasteiger partial charge in [0.1, 0.15) is 5.82 Å². The van der Waals surface area contributed by atoms with Crippen LogP contribution in [0, 0.1) is 17.5 Å². The van der Waals surface area contributed by atoms with Gasteiger partial charge in [0, 0.05) is 11.1 Å². The Morgan fingerprint density at radius 1 is 1.00 bits per heavy atom. The standard InChI is InChI=1S/C15H13F3OS/c1-3-19-12-8-7-9(13(17)14(12)18)10-5-4-6-11(16)15(10)20-2/h4-8H,3H2,1-2H3. The van der Waals surface area contributed by atoms with Gasteiger partial charge in [-0.25, -0.2) is 8.78 Å². The highest BCUT2D eigenvalue weighted by Gasteiger charge is 2.18. The number of benzene rings is 2. The SMILES string of the molecule is CCOc1ccc(-c2cccc(F)c2SC)c(F)c1F. The van der Waals surface area contributed by atoms with Crippen LogP contribution in [0.15, 0.2) is 35.2 Å². The Bertz CT molecular complexity index is 629. The maximum Gasteiger partial charge on any atom is 0.201 e. The third-order valence-electron chi connectivity index (χ3n) is 2.81. The van der Waals surface area contributed by atoms with Crippen molar-refractivity contribution in [1.29, 1.82) is 0 Å². The van der Waals surface area contributed by atoms with Crippen LogP contribution in [-0.4, -0.2) is 12.9 Å². The summed E-state index contributed by atoms with van der Waals surface area (Å²) in [5.74, 6) is -2.68. The number of ether oxygens (including phenoxy) is 1. The molecule has 0 fully saturated rings. The molecule has 0 aliphatic carbocycles. The molecule has 2 aromatic rings. The minimum atomic E-state index is -1.05. The lowest BCUT2D eigenvalue weighted by Crippen LogP contribution is -1.99. The minimum Gasteiger partial charge on any atom is -0.491 e. The van der Waals surface area contributed by atoms with Gasteiger partial charge in [-0.1, -0.05) is 12.1 Å². The van der Waals surface area contributed by atoms with Gasteiger partial charge in [-0.3, -0.25) is 0 Å². The van der Waals surface area contributed by atoms with E-state index in [1.807, 2.05) is 0 Å². The fourth-order valence-corrected chi connectivity index (χ4v) is 2.60. The number of hydrogen-bond acceptors (Lipinski definition) is 2. The molecular formula is C15H13F3OS. The van der Waals surface area contributed by atoms with Crippen LogP contribution in [0.4, 0.5) is 13.2 Å². The molecule has 0 aliphatic heterocycles. The van der Waals surface area contributed by atoms with Crippen molar-refractivity contribution in [3.63, 3.8) is 0 Å². The van der Waals surface area contributed by atoms with Crippen molar-refractivity contribution < 1.29 is 17.9 Å². The minimum absolute atomic E-state index is 0.0230. The predicted molar refractivity (Wildman–Crippen MR) is 74.7 cm³/mol. The third-order valence-corrected chi connectivity index (χ3v) is 3.63. The molecule has 2 aromatic carbocycles. The quantitative estimate of drug-likeness (QED) is 0.743. The normalized spacial score (nSPS) is 10.7. The summed E-state index contributed by atoms with van der Waals surface area (Å²) in [5, 5.41) is 0. The molecule has 0 radical (unpaired) electrons. The van der Waals surface area contributed by atoms with Gasteiger partial charge in [0.15, 0.2) is 11.6 Å². The Labute approximate surface area is 119 Å². The van der Waals surface area contributed by atoms with E-state index in [1.54, 1.807) is 19.2 Å². The predicted octanol–water partition coefficient (Wildman–Crippen LogP) is 4.89. The Hall–Kier alpha value is -1.62. The van der Waals surface area contributed by atoms with Crippen molar-refractivity contribution in [3.8, 4) is 16.9 Å². The second-order valence-corrected chi connectivity index (χ2v) is 4.81. The van der Waals surface area contributed by atoms with Crippen LogP contribution in [0.1, 0.15) is 6.92 Å². The maximum absolute atomic E-state index is 14.1. The molecule has 5 heteroatoms. The zero-order valence-electron chi connectivity index (χ0n) is 11.0. The van der Waals surface area contributed by atoms with Gasteiger partial charge in [0.25, 0.3) is 0 Å². The van der Waals surface area contributed by atoms with E-state index >= 15 is 0 Å². The van der Waals surface area contributed by atoms with Crippen LogP contribution in [0.2, 0.25) is 0 Å². The number of thioether (sulfide) groups is 1. The summed E-state index contributed by atoms with van der Waals surface area (Å²) in [7, 11) is 0. The topological polar surface area (TPSA) is 9.23 Å². The second kappa shape index (κ2) is 6.22. The van der Waals surface area contributed by atoms with Crippen LogP contribution >= 0.6 is 11.8 Å². The smallest absolute Gasteiger partial charge is 0.201 e. The average molecular weight is 298 g/mol. The van der Waals surface area contributed by atoms with Gasteiger partial charge < -0.3 is 4.74 Å². The largest absolute Gasteiger partial charge is 0.491 e. The van der Waals surface area contributed by atoms with Crippen LogP contribution in [0.25, 0.3) is 11.1 Å². The van der Waals surface area contributed by atoms with Crippen molar-refractivity contribution >= 4 is 11.8 Å². The van der Waals surface area contributed by atoms with Gasteiger partial charge in [-0.2, -0.15) is 4.39 Å². The van der Waals surface area contributed by atoms with Crippen molar-refractivity contribution in [1.82, 2.24) is 0 Å². The summed E-state index contributed by atoms with van der Waals surface area (Å²) in [5.41, 5.74) is 0.353. The molecule has 0 unspecified atom stereocenters. The van der Waals surface area contributed by atoms with E-state index in [9.17, 15) is 13.2 Å². The van der Waals surface area contributed by atoms with Crippen molar-refractivity contribution in [2.24, 2.45) is 0 Å². The molecule has 106 valence electrons. The average Bonchev–Trinajstić information content (AvgIpc) is 2.44. The van der Waals surface area contributed by atoms with E-state index in [-0.39, 0.29) is 22.8 Å². The summed E-state index contributed by atoms with van der Waals surface area (Å²) >= 11 is 1.15. The molecule has 0 N–H and O–H groups in total. The number of rotatable bonds is 4. The van der Waals surface area contributed by atoms with Gasteiger partial charge in [0.2, 0.25) is 5.82 Å². The Morgan fingerprint density at radius 2 is 1.75 bits per heavy atom. The maximum atomic E-state index is 14.1. The summed E-state index contributed by atoms with van der Waals surface area (Å²) in [4.78, 5) is 0.287. The zero-order valence-corrected chi connectivity index (χ0v) is 11.9. The molecule has 2 rings (SSSR count). The first-order chi connectivity index (χ1) is 9.60. The second-order valence-electron chi connectivity index (χ2n) is 3.99. The highest BCUT2D eigenvalue weighted by atomic mass is 32.2. The van der Waals surface area contributed by atoms with Gasteiger partial charge in [-0.05, 0) is 31.4 Å². The Kier molecular flexibility index (Phi) is 4.60. The lowest BCUT2D eigenvalue weighted by atomic mass is 10.0. The van der Waals surface area contributed by atoms with Crippen LogP contribution in [-0.2, 0) is 0 Å². The van der Waals surface area contributed by atoms with Crippen molar-refractivity contribution in [2.45, 2.75) is 11.8 Å². The Morgan fingerprint density at radius 3 is 2.40 bits per heavy atom. The summed E-state index contributed by atoms with van der Waals surface area (Å²) in [6, 6.07) is 7.08. The monoisotopic (exact) mass is 298 g/mol. The summed E-state index contributed by atoms with van der Waals surface area (Å²) in [6.45, 7) is 1.93. The molecule has 0 bridgehead atoms. The first kappa shape index (κ1) is 14.8. The fourth-order valence-electron chi connectivity index (χ4n) is 1.94. The molecule has 0 amide bonds. The molecule has 1 nitrogen and oxygen atoms in total. The first-order valence-electron chi connectivity index (χ1n) is 6.03. The summed E-state index contributed by atoms with van der Waals surface area (Å²) in [6.07, 6.45) is 1.69. The molecule has 20 heavy (non-hydrogen) atoms. The molecule has 0 saturated carbocycles. The van der Waals surface area contributed by atoms with E-state index < -0.39 is 17.5 Å². The molecule has 0 spiro atoms. The van der Waals surface area contributed by atoms with E-state index in [4.69, 9.17) is 4.74 Å². The van der Waals surface area contributed by atoms with Crippen LogP contribution < -0.4 is 4.74 Å². The van der Waals surface area contributed by atoms with Gasteiger partial charge in [-0.15, -0.1) is 11.8 Å². The highest BCUT2D eigenvalue weighted by molar-refractivity contribution is 7.98. The van der Waals surface area contributed by atoms with E-state index in [2.05, 4.69) is 0 Å². The van der Waals surface area contributed by atoms with Crippen molar-refractivity contribution in [3.05, 3.63) is 47.8 Å². The van der Waals surface area contributed by atoms with Crippen molar-refractivity contribution in [2.75, 3.05) is 12.9 Å². The van der Waals surface area contributed by atoms with E-state index in [0.29, 0.717) is 5.56 Å². The fraction of sp³-hybridized carbons (Fsp3) is 0.200. The molecule has 0 aromatic heterocycles. The van der Waals surface area contributed by atoms with E-state index in [0.717, 1.165) is 11.8 Å². The van der Waals surface area contributed by atoms with Gasteiger partial charge in [0.05, 0.1) is 11.5 Å². The molecule has 0 heterocycles. The number of hydrogen-bond donors (Lipinski definition) is 0. The van der Waals surface area contributed by atoms with Crippen LogP contribution in [0.3, 0.4) is 0 Å². The molecule has 0 saturated heterocycles. The zero-order chi connectivity index (χ0) is 14.7. The summed E-state index contributed by atoms with van der Waals surface area (Å²) < 4.78 is 46.7. The lowest BCUT2D eigenvalue weighted by molar-refractivity contribution is 0.314. The Balaban J connectivity index is 2.60. The van der Waals surface area contributed by atoms with Crippen LogP contribution in [0.5, 0.6) is 5.75 Å². The highest BCUT2D eigenvalue weighted by Crippen LogP contribution is 2.36.